The number of ether oxygens (including phenoxy) is 4. The van der Waals surface area contributed by atoms with Gasteiger partial charge < -0.3 is 33.8 Å². The minimum absolute atomic E-state index is 0.0214. The average Bonchev–Trinajstić information content (AvgIpc) is 0.985. The second-order valence-electron chi connectivity index (χ2n) is 24.5. The molecule has 3 N–H and O–H groups in total. The molecule has 19 heteroatoms. The molecule has 0 aromatic carbocycles. The highest BCUT2D eigenvalue weighted by Gasteiger charge is 2.30. The van der Waals surface area contributed by atoms with E-state index in [1.807, 2.05) is 24.3 Å². The quantitative estimate of drug-likeness (QED) is 0.0169. The van der Waals surface area contributed by atoms with E-state index in [-0.39, 0.29) is 25.7 Å². The number of phosphoric ester groups is 2. The molecule has 0 amide bonds. The van der Waals surface area contributed by atoms with E-state index in [2.05, 4.69) is 161 Å². The van der Waals surface area contributed by atoms with Crippen molar-refractivity contribution in [1.82, 2.24) is 0 Å². The van der Waals surface area contributed by atoms with Crippen molar-refractivity contribution in [3.63, 3.8) is 0 Å². The summed E-state index contributed by atoms with van der Waals surface area (Å²) in [5, 5.41) is 10.6. The second-order valence-corrected chi connectivity index (χ2v) is 27.4. The van der Waals surface area contributed by atoms with Crippen LogP contribution in [-0.2, 0) is 65.4 Å². The molecule has 0 aliphatic heterocycles. The van der Waals surface area contributed by atoms with Gasteiger partial charge in [0, 0.05) is 25.7 Å². The molecule has 17 nitrogen and oxygen atoms in total. The van der Waals surface area contributed by atoms with Crippen molar-refractivity contribution in [1.29, 1.82) is 0 Å². The zero-order chi connectivity index (χ0) is 73.2. The molecule has 0 heterocycles. The van der Waals surface area contributed by atoms with E-state index in [0.717, 1.165) is 141 Å². The Morgan fingerprint density at radius 1 is 0.290 bits per heavy atom. The standard InChI is InChI=1S/C81H132O17P2/c1-5-9-13-17-21-25-29-32-35-36-37-38-41-43-47-50-54-58-62-66-79(84)92-72-77(98-81(86)68-64-60-56-52-48-44-40-34-31-27-23-19-15-11-7-3)74-96-100(89,90)94-70-75(82)69-93-99(87,88)95-73-76(97-80(85)67-63-59-55-51-45-28-24-20-16-12-8-4)71-91-78(83)65-61-57-53-49-46-42-39-33-30-26-22-18-14-10-6-2/h9-11,13-15,21-23,25-27,32-35,37-40,43,47-48,52,54,58,75-77,82H,5-8,12,16-20,24,28-31,36,41-42,44-46,49-51,53,55-57,59-74H2,1-4H3,(H,87,88)(H,89,90)/b13-9-,14-10-,15-11-,25-21-,26-22-,27-23-,35-32-,38-37-,39-33-,40-34-,47-43-,52-48-,58-54-. The lowest BCUT2D eigenvalue weighted by molar-refractivity contribution is -0.161. The fraction of sp³-hybridized carbons (Fsp3) is 0.630. The van der Waals surface area contributed by atoms with Crippen LogP contribution in [0.5, 0.6) is 0 Å². The largest absolute Gasteiger partial charge is 0.472 e. The number of carbonyl (C=O) groups excluding carboxylic acids is 4. The summed E-state index contributed by atoms with van der Waals surface area (Å²) in [7, 11) is -9.99. The number of allylic oxidation sites excluding steroid dienone is 26. The van der Waals surface area contributed by atoms with Gasteiger partial charge in [-0.05, 0) is 135 Å². The number of aliphatic hydroxyl groups excluding tert-OH is 1. The average molecular weight is 1440 g/mol. The zero-order valence-corrected chi connectivity index (χ0v) is 63.6. The molecule has 0 aliphatic rings. The summed E-state index contributed by atoms with van der Waals surface area (Å²) in [6.07, 6.45) is 82.6. The van der Waals surface area contributed by atoms with Crippen molar-refractivity contribution in [2.24, 2.45) is 0 Å². The molecule has 100 heavy (non-hydrogen) atoms. The molecule has 0 bridgehead atoms. The zero-order valence-electron chi connectivity index (χ0n) is 61.8. The first-order valence-corrected chi connectivity index (χ1v) is 40.7. The summed E-state index contributed by atoms with van der Waals surface area (Å²) in [4.78, 5) is 72.8. The summed E-state index contributed by atoms with van der Waals surface area (Å²) in [5.41, 5.74) is 0. The van der Waals surface area contributed by atoms with Crippen LogP contribution in [0.3, 0.4) is 0 Å². The molecule has 0 rings (SSSR count). The minimum Gasteiger partial charge on any atom is -0.462 e. The monoisotopic (exact) mass is 1440 g/mol. The molecule has 568 valence electrons. The van der Waals surface area contributed by atoms with Crippen LogP contribution < -0.4 is 0 Å². The molecular weight excluding hydrogens is 1310 g/mol. The number of hydrogen-bond donors (Lipinski definition) is 3. The topological polar surface area (TPSA) is 237 Å². The SMILES string of the molecule is CC/C=C\C/C=C\C/C=C\C/C=C\C/C=C\C/C=C\CCC(=O)OCC(COP(=O)(O)OCC(O)COP(=O)(O)OCC(COC(=O)CCCCCCC/C=C\C/C=C\C/C=C\CC)OC(=O)CCCCCCCCCCCCC)OC(=O)CCCC/C=C\C/C=C\C/C=C\C/C=C\CC. The highest BCUT2D eigenvalue weighted by Crippen LogP contribution is 2.45. The number of esters is 4. The van der Waals surface area contributed by atoms with Gasteiger partial charge in [-0.1, -0.05) is 269 Å². The molecule has 5 unspecified atom stereocenters. The lowest BCUT2D eigenvalue weighted by atomic mass is 10.1. The van der Waals surface area contributed by atoms with Crippen LogP contribution >= 0.6 is 15.6 Å². The van der Waals surface area contributed by atoms with Crippen molar-refractivity contribution in [3.05, 3.63) is 158 Å². The van der Waals surface area contributed by atoms with E-state index in [0.29, 0.717) is 38.5 Å². The predicted molar refractivity (Wildman–Crippen MR) is 408 cm³/mol. The maximum absolute atomic E-state index is 13.1. The van der Waals surface area contributed by atoms with Gasteiger partial charge in [0.1, 0.15) is 19.3 Å². The number of carbonyl (C=O) groups is 4. The van der Waals surface area contributed by atoms with E-state index in [9.17, 15) is 43.2 Å². The van der Waals surface area contributed by atoms with Gasteiger partial charge in [-0.25, -0.2) is 9.13 Å². The molecule has 0 radical (unpaired) electrons. The Morgan fingerprint density at radius 3 is 0.880 bits per heavy atom. The lowest BCUT2D eigenvalue weighted by Gasteiger charge is -2.21. The van der Waals surface area contributed by atoms with E-state index in [1.54, 1.807) is 0 Å². The highest BCUT2D eigenvalue weighted by atomic mass is 31.2. The molecule has 0 aromatic heterocycles. The van der Waals surface area contributed by atoms with Gasteiger partial charge >= 0.3 is 39.5 Å². The molecule has 5 atom stereocenters. The number of unbranched alkanes of at least 4 members (excludes halogenated alkanes) is 17. The van der Waals surface area contributed by atoms with Crippen LogP contribution in [0.15, 0.2) is 158 Å². The third-order valence-electron chi connectivity index (χ3n) is 15.0. The Labute approximate surface area is 604 Å². The Kier molecular flexibility index (Phi) is 68.2. The maximum atomic E-state index is 13.1. The van der Waals surface area contributed by atoms with E-state index >= 15 is 0 Å². The van der Waals surface area contributed by atoms with Crippen LogP contribution in [-0.4, -0.2) is 96.7 Å². The summed E-state index contributed by atoms with van der Waals surface area (Å²) in [6.45, 7) is 4.34. The fourth-order valence-electron chi connectivity index (χ4n) is 9.37. The minimum atomic E-state index is -5.01. The van der Waals surface area contributed by atoms with Crippen molar-refractivity contribution < 1.29 is 80.2 Å². The first kappa shape index (κ1) is 94.7. The van der Waals surface area contributed by atoms with Crippen molar-refractivity contribution in [3.8, 4) is 0 Å². The van der Waals surface area contributed by atoms with Crippen molar-refractivity contribution in [2.45, 2.75) is 290 Å². The molecule has 0 saturated carbocycles. The molecule has 0 spiro atoms. The van der Waals surface area contributed by atoms with Gasteiger partial charge in [0.05, 0.1) is 26.4 Å². The summed E-state index contributed by atoms with van der Waals surface area (Å²) in [6, 6.07) is 0. The van der Waals surface area contributed by atoms with Crippen molar-refractivity contribution in [2.75, 3.05) is 39.6 Å². The van der Waals surface area contributed by atoms with E-state index in [4.69, 9.17) is 37.0 Å². The maximum Gasteiger partial charge on any atom is 0.472 e. The molecular formula is C81H132O17P2. The summed E-state index contributed by atoms with van der Waals surface area (Å²) < 4.78 is 68.3. The number of hydrogen-bond acceptors (Lipinski definition) is 15. The fourth-order valence-corrected chi connectivity index (χ4v) is 10.9. The Morgan fingerprint density at radius 2 is 0.540 bits per heavy atom. The Balaban J connectivity index is 5.45. The first-order chi connectivity index (χ1) is 48.7. The predicted octanol–water partition coefficient (Wildman–Crippen LogP) is 21.7. The Bertz CT molecular complexity index is 2520. The number of aliphatic hydroxyl groups is 1. The third kappa shape index (κ3) is 71.1. The molecule has 0 aromatic rings. The van der Waals surface area contributed by atoms with E-state index < -0.39 is 97.5 Å². The van der Waals surface area contributed by atoms with Crippen LogP contribution in [0.25, 0.3) is 0 Å². The van der Waals surface area contributed by atoms with Crippen LogP contribution in [0.2, 0.25) is 0 Å². The molecule has 0 aliphatic carbocycles. The van der Waals surface area contributed by atoms with Crippen LogP contribution in [0.1, 0.15) is 272 Å². The Hall–Kier alpha value is -5.32. The summed E-state index contributed by atoms with van der Waals surface area (Å²) >= 11 is 0. The number of phosphoric acid groups is 2. The smallest absolute Gasteiger partial charge is 0.462 e. The van der Waals surface area contributed by atoms with Gasteiger partial charge in [0.25, 0.3) is 0 Å². The second kappa shape index (κ2) is 72.0. The van der Waals surface area contributed by atoms with Crippen LogP contribution in [0.4, 0.5) is 0 Å². The normalized spacial score (nSPS) is 14.8. The van der Waals surface area contributed by atoms with Gasteiger partial charge in [0.2, 0.25) is 0 Å². The highest BCUT2D eigenvalue weighted by molar-refractivity contribution is 7.47. The van der Waals surface area contributed by atoms with Gasteiger partial charge in [-0.3, -0.25) is 37.3 Å². The lowest BCUT2D eigenvalue weighted by Crippen LogP contribution is -2.30. The molecule has 0 fully saturated rings. The van der Waals surface area contributed by atoms with Crippen LogP contribution in [0, 0.1) is 0 Å². The van der Waals surface area contributed by atoms with E-state index in [1.165, 1.54) is 38.5 Å². The molecule has 0 saturated heterocycles. The van der Waals surface area contributed by atoms with Crippen molar-refractivity contribution >= 4 is 39.5 Å². The van der Waals surface area contributed by atoms with Gasteiger partial charge in [0.15, 0.2) is 12.2 Å². The number of rotatable bonds is 69. The first-order valence-electron chi connectivity index (χ1n) is 37.7. The van der Waals surface area contributed by atoms with Gasteiger partial charge in [-0.2, -0.15) is 0 Å². The summed E-state index contributed by atoms with van der Waals surface area (Å²) in [5.74, 6) is -2.35. The third-order valence-corrected chi connectivity index (χ3v) is 16.9. The van der Waals surface area contributed by atoms with Gasteiger partial charge in [-0.15, -0.1) is 0 Å².